The summed E-state index contributed by atoms with van der Waals surface area (Å²) in [4.78, 5) is 12.1. The van der Waals surface area contributed by atoms with Crippen LogP contribution in [0.5, 0.6) is 0 Å². The quantitative estimate of drug-likeness (QED) is 0.739. The molecular formula is C22H34BNO4. The highest BCUT2D eigenvalue weighted by Gasteiger charge is 2.52. The summed E-state index contributed by atoms with van der Waals surface area (Å²) in [6, 6.07) is 8.31. The Balaban J connectivity index is 2.26. The minimum absolute atomic E-state index is 0.280. The molecule has 28 heavy (non-hydrogen) atoms. The van der Waals surface area contributed by atoms with Crippen molar-refractivity contribution < 1.29 is 18.8 Å². The smallest absolute Gasteiger partial charge is 0.444 e. The highest BCUT2D eigenvalue weighted by Crippen LogP contribution is 2.38. The highest BCUT2D eigenvalue weighted by molar-refractivity contribution is 6.56. The summed E-state index contributed by atoms with van der Waals surface area (Å²) in [7, 11) is -0.537. The van der Waals surface area contributed by atoms with E-state index < -0.39 is 30.0 Å². The Hall–Kier alpha value is -1.79. The van der Waals surface area contributed by atoms with E-state index in [1.165, 1.54) is 5.56 Å². The molecule has 1 N–H and O–H groups in total. The fourth-order valence-electron chi connectivity index (χ4n) is 2.80. The van der Waals surface area contributed by atoms with Crippen LogP contribution in [-0.2, 0) is 20.5 Å². The molecule has 0 radical (unpaired) electrons. The second-order valence-electron chi connectivity index (χ2n) is 9.26. The summed E-state index contributed by atoms with van der Waals surface area (Å²) in [5.41, 5.74) is 1.70. The van der Waals surface area contributed by atoms with Gasteiger partial charge in [-0.2, -0.15) is 0 Å². The fraction of sp³-hybridized carbons (Fsp3) is 0.591. The molecule has 0 aliphatic carbocycles. The van der Waals surface area contributed by atoms with Crippen molar-refractivity contribution in [3.8, 4) is 0 Å². The SMILES string of the molecule is CCc1cccc(C=C(CNC(=O)OC(C)(C)C)B2OC(C)(C)C(C)(C)O2)c1. The summed E-state index contributed by atoms with van der Waals surface area (Å²) in [6.45, 7) is 16.0. The van der Waals surface area contributed by atoms with Gasteiger partial charge in [0.1, 0.15) is 5.60 Å². The number of hydrogen-bond donors (Lipinski definition) is 1. The first-order valence-corrected chi connectivity index (χ1v) is 9.95. The van der Waals surface area contributed by atoms with Crippen molar-refractivity contribution in [2.24, 2.45) is 0 Å². The maximum absolute atomic E-state index is 12.1. The number of carbonyl (C=O) groups is 1. The highest BCUT2D eigenvalue weighted by atomic mass is 16.7. The summed E-state index contributed by atoms with van der Waals surface area (Å²) in [5.74, 6) is 0. The van der Waals surface area contributed by atoms with E-state index in [0.717, 1.165) is 17.5 Å². The normalized spacial score (nSPS) is 18.9. The van der Waals surface area contributed by atoms with Gasteiger partial charge in [-0.25, -0.2) is 4.79 Å². The third-order valence-corrected chi connectivity index (χ3v) is 5.10. The Bertz CT molecular complexity index is 718. The van der Waals surface area contributed by atoms with Crippen LogP contribution in [0, 0.1) is 0 Å². The van der Waals surface area contributed by atoms with E-state index in [-0.39, 0.29) is 6.54 Å². The molecule has 1 aliphatic rings. The number of nitrogens with one attached hydrogen (secondary N) is 1. The molecule has 2 rings (SSSR count). The Labute approximate surface area is 170 Å². The minimum Gasteiger partial charge on any atom is -0.444 e. The van der Waals surface area contributed by atoms with Crippen LogP contribution in [0.2, 0.25) is 0 Å². The fourth-order valence-corrected chi connectivity index (χ4v) is 2.80. The third kappa shape index (κ3) is 5.85. The molecule has 0 unspecified atom stereocenters. The monoisotopic (exact) mass is 387 g/mol. The van der Waals surface area contributed by atoms with Crippen LogP contribution in [0.4, 0.5) is 4.79 Å². The molecule has 1 aromatic carbocycles. The molecule has 154 valence electrons. The molecule has 0 saturated carbocycles. The Morgan fingerprint density at radius 1 is 1.18 bits per heavy atom. The molecule has 1 fully saturated rings. The molecule has 5 nitrogen and oxygen atoms in total. The van der Waals surface area contributed by atoms with Crippen LogP contribution in [0.1, 0.15) is 66.5 Å². The topological polar surface area (TPSA) is 56.8 Å². The van der Waals surface area contributed by atoms with Crippen molar-refractivity contribution >= 4 is 19.3 Å². The number of amides is 1. The number of carbonyl (C=O) groups excluding carboxylic acids is 1. The minimum atomic E-state index is -0.548. The number of ether oxygens (including phenoxy) is 1. The molecule has 1 saturated heterocycles. The summed E-state index contributed by atoms with van der Waals surface area (Å²) in [5, 5.41) is 2.83. The molecule has 6 heteroatoms. The summed E-state index contributed by atoms with van der Waals surface area (Å²) >= 11 is 0. The Morgan fingerprint density at radius 2 is 1.79 bits per heavy atom. The van der Waals surface area contributed by atoms with Crippen molar-refractivity contribution in [2.45, 2.75) is 78.6 Å². The Kier molecular flexibility index (Phi) is 6.67. The van der Waals surface area contributed by atoms with Gasteiger partial charge in [0.15, 0.2) is 0 Å². The zero-order valence-electron chi connectivity index (χ0n) is 18.5. The van der Waals surface area contributed by atoms with Crippen LogP contribution in [0.15, 0.2) is 29.7 Å². The Morgan fingerprint density at radius 3 is 2.32 bits per heavy atom. The number of alkyl carbamates (subject to hydrolysis) is 1. The van der Waals surface area contributed by atoms with Crippen molar-refractivity contribution in [2.75, 3.05) is 6.54 Å². The largest absolute Gasteiger partial charge is 0.492 e. The first-order chi connectivity index (χ1) is 12.8. The molecule has 0 aromatic heterocycles. The van der Waals surface area contributed by atoms with Crippen molar-refractivity contribution in [1.82, 2.24) is 5.32 Å². The van der Waals surface area contributed by atoms with E-state index in [1.807, 2.05) is 66.7 Å². The van der Waals surface area contributed by atoms with Crippen LogP contribution in [0.25, 0.3) is 6.08 Å². The lowest BCUT2D eigenvalue weighted by molar-refractivity contribution is 0.00578. The molecule has 0 atom stereocenters. The second-order valence-corrected chi connectivity index (χ2v) is 9.26. The van der Waals surface area contributed by atoms with Gasteiger partial charge in [-0.15, -0.1) is 0 Å². The number of aryl methyl sites for hydroxylation is 1. The second kappa shape index (κ2) is 8.30. The summed E-state index contributed by atoms with van der Waals surface area (Å²) < 4.78 is 17.8. The van der Waals surface area contributed by atoms with Crippen molar-refractivity contribution in [3.63, 3.8) is 0 Å². The molecule has 1 aromatic rings. The van der Waals surface area contributed by atoms with Gasteiger partial charge in [0.25, 0.3) is 0 Å². The van der Waals surface area contributed by atoms with Gasteiger partial charge >= 0.3 is 13.2 Å². The lowest BCUT2D eigenvalue weighted by Gasteiger charge is -2.32. The molecule has 1 heterocycles. The van der Waals surface area contributed by atoms with Crippen LogP contribution >= 0.6 is 0 Å². The standard InChI is InChI=1S/C22H34BNO4/c1-9-16-11-10-12-17(13-16)14-18(15-24-19(25)26-20(2,3)4)23-27-21(5,6)22(7,8)28-23/h10-14H,9,15H2,1-8H3,(H,24,25). The van der Waals surface area contributed by atoms with E-state index >= 15 is 0 Å². The molecule has 0 spiro atoms. The van der Waals surface area contributed by atoms with E-state index in [0.29, 0.717) is 0 Å². The van der Waals surface area contributed by atoms with Gasteiger partial charge < -0.3 is 19.4 Å². The van der Waals surface area contributed by atoms with Crippen molar-refractivity contribution in [1.29, 1.82) is 0 Å². The maximum Gasteiger partial charge on any atom is 0.492 e. The lowest BCUT2D eigenvalue weighted by Crippen LogP contribution is -2.41. The van der Waals surface area contributed by atoms with Gasteiger partial charge in [-0.3, -0.25) is 0 Å². The van der Waals surface area contributed by atoms with Crippen LogP contribution in [0.3, 0.4) is 0 Å². The van der Waals surface area contributed by atoms with E-state index in [2.05, 4.69) is 24.4 Å². The van der Waals surface area contributed by atoms with Gasteiger partial charge in [0.05, 0.1) is 11.2 Å². The molecular weight excluding hydrogens is 353 g/mol. The van der Waals surface area contributed by atoms with Gasteiger partial charge in [0.2, 0.25) is 0 Å². The zero-order valence-corrected chi connectivity index (χ0v) is 18.5. The molecule has 1 aliphatic heterocycles. The van der Waals surface area contributed by atoms with Crippen LogP contribution in [-0.4, -0.2) is 36.6 Å². The van der Waals surface area contributed by atoms with E-state index in [9.17, 15) is 4.79 Å². The number of rotatable bonds is 5. The molecule has 0 bridgehead atoms. The lowest BCUT2D eigenvalue weighted by atomic mass is 9.77. The zero-order chi connectivity index (χ0) is 21.2. The third-order valence-electron chi connectivity index (χ3n) is 5.10. The van der Waals surface area contributed by atoms with Gasteiger partial charge in [-0.05, 0) is 71.5 Å². The average Bonchev–Trinajstić information content (AvgIpc) is 2.77. The predicted molar refractivity (Wildman–Crippen MR) is 114 cm³/mol. The molecule has 1 amide bonds. The maximum atomic E-state index is 12.1. The van der Waals surface area contributed by atoms with E-state index in [1.54, 1.807) is 0 Å². The first-order valence-electron chi connectivity index (χ1n) is 9.95. The van der Waals surface area contributed by atoms with Gasteiger partial charge in [0, 0.05) is 6.54 Å². The predicted octanol–water partition coefficient (Wildman–Crippen LogP) is 4.79. The van der Waals surface area contributed by atoms with Crippen molar-refractivity contribution in [3.05, 3.63) is 40.9 Å². The first kappa shape index (κ1) is 22.5. The van der Waals surface area contributed by atoms with Gasteiger partial charge in [-0.1, -0.05) is 37.3 Å². The van der Waals surface area contributed by atoms with Crippen LogP contribution < -0.4 is 5.32 Å². The summed E-state index contributed by atoms with van der Waals surface area (Å²) in [6.07, 6.45) is 2.53. The average molecular weight is 387 g/mol. The number of hydrogen-bond acceptors (Lipinski definition) is 4. The number of benzene rings is 1. The van der Waals surface area contributed by atoms with E-state index in [4.69, 9.17) is 14.0 Å².